The van der Waals surface area contributed by atoms with Crippen molar-refractivity contribution >= 4 is 78.8 Å². The molecule has 0 amide bonds. The van der Waals surface area contributed by atoms with E-state index in [4.69, 9.17) is 4.74 Å². The second-order valence-corrected chi connectivity index (χ2v) is 16.5. The first-order valence-corrected chi connectivity index (χ1v) is 20.3. The molecule has 0 aromatic heterocycles. The van der Waals surface area contributed by atoms with E-state index in [1.807, 2.05) is 0 Å². The van der Waals surface area contributed by atoms with Crippen LogP contribution >= 0.6 is 0 Å². The predicted molar refractivity (Wildman–Crippen MR) is 244 cm³/mol. The van der Waals surface area contributed by atoms with Crippen molar-refractivity contribution in [3.05, 3.63) is 199 Å². The van der Waals surface area contributed by atoms with Crippen molar-refractivity contribution in [3.63, 3.8) is 0 Å². The topological polar surface area (TPSA) is 15.7 Å². The Kier molecular flexibility index (Phi) is 6.99. The van der Waals surface area contributed by atoms with Gasteiger partial charge < -0.3 is 14.5 Å². The van der Waals surface area contributed by atoms with Crippen molar-refractivity contribution < 1.29 is 4.74 Å². The Labute approximate surface area is 339 Å². The van der Waals surface area contributed by atoms with Crippen LogP contribution in [0.3, 0.4) is 0 Å². The highest BCUT2D eigenvalue weighted by atomic mass is 16.5. The summed E-state index contributed by atoms with van der Waals surface area (Å²) in [6, 6.07) is 66.8. The van der Waals surface area contributed by atoms with E-state index in [1.165, 1.54) is 77.1 Å². The van der Waals surface area contributed by atoms with Gasteiger partial charge in [-0.05, 0) is 128 Å². The van der Waals surface area contributed by atoms with Crippen LogP contribution in [-0.2, 0) is 5.41 Å². The van der Waals surface area contributed by atoms with Gasteiger partial charge in [0.25, 0.3) is 6.71 Å². The number of para-hydroxylation sites is 2. The van der Waals surface area contributed by atoms with Crippen molar-refractivity contribution in [2.24, 2.45) is 0 Å². The summed E-state index contributed by atoms with van der Waals surface area (Å²) in [6.45, 7) is 6.96. The largest absolute Gasteiger partial charge is 0.458 e. The van der Waals surface area contributed by atoms with Crippen LogP contribution in [0.2, 0.25) is 0 Å². The smallest absolute Gasteiger partial charge is 0.257 e. The van der Waals surface area contributed by atoms with Gasteiger partial charge in [0.15, 0.2) is 0 Å². The van der Waals surface area contributed by atoms with Gasteiger partial charge in [0.2, 0.25) is 0 Å². The van der Waals surface area contributed by atoms with Gasteiger partial charge in [0.05, 0.1) is 5.69 Å². The highest BCUT2D eigenvalue weighted by molar-refractivity contribution is 7.00. The molecule has 2 aliphatic heterocycles. The first-order valence-electron chi connectivity index (χ1n) is 20.3. The molecule has 12 rings (SSSR count). The monoisotopic (exact) mass is 742 g/mol. The minimum Gasteiger partial charge on any atom is -0.458 e. The van der Waals surface area contributed by atoms with Crippen molar-refractivity contribution in [2.75, 3.05) is 9.80 Å². The van der Waals surface area contributed by atoms with Crippen molar-refractivity contribution in [3.8, 4) is 22.6 Å². The SMILES string of the molecule is Cc1ccc(N(c2ccccc2)c2cc3c(c4ccccc24)-c2cc4c(cc2C3(C)C)B2c3c(cccc3N(c3ccccc3)c3ccc5ccccc5c32)O4)cc1. The summed E-state index contributed by atoms with van der Waals surface area (Å²) in [6.07, 6.45) is 0. The zero-order valence-corrected chi connectivity index (χ0v) is 32.7. The molecule has 2 heterocycles. The van der Waals surface area contributed by atoms with Crippen LogP contribution in [0.4, 0.5) is 34.1 Å². The molecule has 9 aromatic rings. The molecule has 274 valence electrons. The van der Waals surface area contributed by atoms with Gasteiger partial charge in [-0.15, -0.1) is 0 Å². The standard InChI is InChI=1S/C54H39BN2O/c1-34-25-28-38(29-26-34)56(36-16-6-4-7-17-36)48-33-44-51(41-22-13-12-21-40(41)48)42-31-50-45(32-43(42)54(44,2)3)55-52-39-20-11-10-15-35(39)27-30-47(52)57(37-18-8-5-9-19-37)46-23-14-24-49(58-50)53(46)55/h4-33H,1-3H3. The average Bonchev–Trinajstić information content (AvgIpc) is 3.48. The van der Waals surface area contributed by atoms with Crippen LogP contribution in [0.15, 0.2) is 182 Å². The zero-order valence-electron chi connectivity index (χ0n) is 32.7. The lowest BCUT2D eigenvalue weighted by Gasteiger charge is -2.40. The van der Waals surface area contributed by atoms with Gasteiger partial charge >= 0.3 is 0 Å². The highest BCUT2D eigenvalue weighted by Gasteiger charge is 2.46. The maximum absolute atomic E-state index is 7.11. The van der Waals surface area contributed by atoms with E-state index in [1.54, 1.807) is 0 Å². The summed E-state index contributed by atoms with van der Waals surface area (Å²) in [4.78, 5) is 4.86. The molecule has 0 atom stereocenters. The maximum Gasteiger partial charge on any atom is 0.257 e. The van der Waals surface area contributed by atoms with Crippen LogP contribution in [0, 0.1) is 6.92 Å². The van der Waals surface area contributed by atoms with E-state index in [-0.39, 0.29) is 12.1 Å². The molecule has 0 spiro atoms. The normalized spacial score (nSPS) is 14.0. The number of hydrogen-bond acceptors (Lipinski definition) is 3. The molecule has 0 saturated carbocycles. The highest BCUT2D eigenvalue weighted by Crippen LogP contribution is 2.56. The molecule has 0 radical (unpaired) electrons. The number of rotatable bonds is 4. The molecule has 0 fully saturated rings. The predicted octanol–water partition coefficient (Wildman–Crippen LogP) is 12.5. The van der Waals surface area contributed by atoms with E-state index < -0.39 is 0 Å². The van der Waals surface area contributed by atoms with Gasteiger partial charge in [0, 0.05) is 39.2 Å². The summed E-state index contributed by atoms with van der Waals surface area (Å²) in [5, 5.41) is 4.99. The number of aryl methyl sites for hydroxylation is 1. The minimum atomic E-state index is -0.291. The Morgan fingerprint density at radius 2 is 1.21 bits per heavy atom. The van der Waals surface area contributed by atoms with Gasteiger partial charge in [-0.1, -0.05) is 135 Å². The van der Waals surface area contributed by atoms with Crippen molar-refractivity contribution in [2.45, 2.75) is 26.2 Å². The molecule has 1 aliphatic carbocycles. The lowest BCUT2D eigenvalue weighted by atomic mass is 9.33. The molecule has 4 heteroatoms. The number of nitrogens with zero attached hydrogens (tertiary/aromatic N) is 2. The molecule has 0 bridgehead atoms. The van der Waals surface area contributed by atoms with E-state index >= 15 is 0 Å². The molecule has 3 nitrogen and oxygen atoms in total. The van der Waals surface area contributed by atoms with Crippen LogP contribution < -0.4 is 30.9 Å². The Balaban J connectivity index is 1.11. The molecule has 0 unspecified atom stereocenters. The van der Waals surface area contributed by atoms with Gasteiger partial charge in [-0.2, -0.15) is 0 Å². The molecule has 3 aliphatic rings. The molecular formula is C54H39BN2O. The minimum absolute atomic E-state index is 0.0109. The van der Waals surface area contributed by atoms with Gasteiger partial charge in [-0.3, -0.25) is 0 Å². The lowest BCUT2D eigenvalue weighted by molar-refractivity contribution is 0.487. The van der Waals surface area contributed by atoms with Crippen LogP contribution in [0.25, 0.3) is 32.7 Å². The average molecular weight is 743 g/mol. The summed E-state index contributed by atoms with van der Waals surface area (Å²) >= 11 is 0. The number of ether oxygens (including phenoxy) is 1. The molecule has 0 N–H and O–H groups in total. The number of fused-ring (bicyclic) bond motifs is 11. The fraction of sp³-hybridized carbons (Fsp3) is 0.0741. The second kappa shape index (κ2) is 12.2. The first kappa shape index (κ1) is 33.1. The summed E-state index contributed by atoms with van der Waals surface area (Å²) < 4.78 is 7.11. The Morgan fingerprint density at radius 3 is 2.00 bits per heavy atom. The van der Waals surface area contributed by atoms with Gasteiger partial charge in [-0.25, -0.2) is 0 Å². The molecule has 58 heavy (non-hydrogen) atoms. The Bertz CT molecular complexity index is 3140. The van der Waals surface area contributed by atoms with Crippen molar-refractivity contribution in [1.82, 2.24) is 0 Å². The number of anilines is 6. The number of hydrogen-bond donors (Lipinski definition) is 0. The first-order chi connectivity index (χ1) is 28.5. The molecule has 0 saturated heterocycles. The molecular weight excluding hydrogens is 703 g/mol. The third-order valence-electron chi connectivity index (χ3n) is 12.9. The number of benzene rings is 9. The Hall–Kier alpha value is -7.04. The van der Waals surface area contributed by atoms with E-state index in [0.29, 0.717) is 0 Å². The maximum atomic E-state index is 7.11. The lowest BCUT2D eigenvalue weighted by Crippen LogP contribution is -2.59. The quantitative estimate of drug-likeness (QED) is 0.167. The fourth-order valence-electron chi connectivity index (χ4n) is 10.2. The fourth-order valence-corrected chi connectivity index (χ4v) is 10.2. The summed E-state index contributed by atoms with van der Waals surface area (Å²) in [5.41, 5.74) is 16.9. The van der Waals surface area contributed by atoms with E-state index in [2.05, 4.69) is 213 Å². The second-order valence-electron chi connectivity index (χ2n) is 16.5. The summed E-state index contributed by atoms with van der Waals surface area (Å²) in [7, 11) is 0. The van der Waals surface area contributed by atoms with Crippen LogP contribution in [0.1, 0.15) is 30.5 Å². The zero-order chi connectivity index (χ0) is 38.7. The van der Waals surface area contributed by atoms with Gasteiger partial charge in [0.1, 0.15) is 11.5 Å². The summed E-state index contributed by atoms with van der Waals surface area (Å²) in [5.74, 6) is 1.85. The van der Waals surface area contributed by atoms with E-state index in [0.717, 1.165) is 34.2 Å². The third kappa shape index (κ3) is 4.63. The van der Waals surface area contributed by atoms with Crippen LogP contribution in [0.5, 0.6) is 11.5 Å². The molecule has 9 aromatic carbocycles. The van der Waals surface area contributed by atoms with Crippen LogP contribution in [-0.4, -0.2) is 6.71 Å². The van der Waals surface area contributed by atoms with Crippen molar-refractivity contribution in [1.29, 1.82) is 0 Å². The van der Waals surface area contributed by atoms with E-state index in [9.17, 15) is 0 Å². The Morgan fingerprint density at radius 1 is 0.534 bits per heavy atom. The third-order valence-corrected chi connectivity index (χ3v) is 12.9.